The van der Waals surface area contributed by atoms with E-state index in [9.17, 15) is 0 Å². The Morgan fingerprint density at radius 2 is 1.84 bits per heavy atom. The van der Waals surface area contributed by atoms with Gasteiger partial charge in [-0.1, -0.05) is 0 Å². The van der Waals surface area contributed by atoms with E-state index >= 15 is 0 Å². The fourth-order valence-electron chi connectivity index (χ4n) is 2.72. The SMILES string of the molecule is Nc1c(NCCCn2ccnc2)ncnc1NCCN1CCOCC1. The molecule has 1 aliphatic heterocycles. The zero-order valence-corrected chi connectivity index (χ0v) is 14.4. The zero-order chi connectivity index (χ0) is 17.3. The minimum Gasteiger partial charge on any atom is -0.393 e. The highest BCUT2D eigenvalue weighted by atomic mass is 16.5. The predicted molar refractivity (Wildman–Crippen MR) is 97.5 cm³/mol. The lowest BCUT2D eigenvalue weighted by Crippen LogP contribution is -2.39. The summed E-state index contributed by atoms with van der Waals surface area (Å²) in [6.07, 6.45) is 8.04. The van der Waals surface area contributed by atoms with E-state index in [1.807, 2.05) is 17.1 Å². The van der Waals surface area contributed by atoms with Gasteiger partial charge in [0.25, 0.3) is 0 Å². The summed E-state index contributed by atoms with van der Waals surface area (Å²) in [4.78, 5) is 14.9. The molecule has 0 atom stereocenters. The van der Waals surface area contributed by atoms with E-state index in [1.54, 1.807) is 6.20 Å². The number of nitrogen functional groups attached to an aromatic ring is 1. The molecule has 4 N–H and O–H groups in total. The minimum atomic E-state index is 0.562. The third kappa shape index (κ3) is 5.30. The Bertz CT molecular complexity index is 627. The molecule has 3 rings (SSSR count). The second kappa shape index (κ2) is 9.19. The first-order chi connectivity index (χ1) is 12.3. The summed E-state index contributed by atoms with van der Waals surface area (Å²) in [5, 5.41) is 6.58. The molecular formula is C16H26N8O. The van der Waals surface area contributed by atoms with E-state index in [2.05, 4.69) is 30.5 Å². The highest BCUT2D eigenvalue weighted by molar-refractivity contribution is 5.73. The van der Waals surface area contributed by atoms with Crippen LogP contribution in [-0.2, 0) is 11.3 Å². The lowest BCUT2D eigenvalue weighted by atomic mass is 10.3. The van der Waals surface area contributed by atoms with Crippen molar-refractivity contribution in [1.82, 2.24) is 24.4 Å². The molecule has 2 aromatic heterocycles. The van der Waals surface area contributed by atoms with Crippen LogP contribution >= 0.6 is 0 Å². The van der Waals surface area contributed by atoms with Gasteiger partial charge in [0.05, 0.1) is 19.5 Å². The lowest BCUT2D eigenvalue weighted by Gasteiger charge is -2.26. The second-order valence-corrected chi connectivity index (χ2v) is 5.95. The van der Waals surface area contributed by atoms with Crippen molar-refractivity contribution in [3.05, 3.63) is 25.0 Å². The molecule has 25 heavy (non-hydrogen) atoms. The highest BCUT2D eigenvalue weighted by Gasteiger charge is 2.11. The van der Waals surface area contributed by atoms with Gasteiger partial charge in [-0.2, -0.15) is 0 Å². The van der Waals surface area contributed by atoms with E-state index < -0.39 is 0 Å². The summed E-state index contributed by atoms with van der Waals surface area (Å²) in [5.41, 5.74) is 6.74. The topological polar surface area (TPSA) is 106 Å². The second-order valence-electron chi connectivity index (χ2n) is 5.95. The molecule has 2 aromatic rings. The molecule has 0 spiro atoms. The van der Waals surface area contributed by atoms with Gasteiger partial charge >= 0.3 is 0 Å². The molecule has 0 amide bonds. The number of aryl methyl sites for hydroxylation is 1. The maximum absolute atomic E-state index is 6.18. The summed E-state index contributed by atoms with van der Waals surface area (Å²) in [7, 11) is 0. The van der Waals surface area contributed by atoms with Crippen LogP contribution in [0.25, 0.3) is 0 Å². The van der Waals surface area contributed by atoms with Gasteiger partial charge in [-0.05, 0) is 6.42 Å². The average molecular weight is 346 g/mol. The molecule has 0 bridgehead atoms. The van der Waals surface area contributed by atoms with Crippen LogP contribution < -0.4 is 16.4 Å². The molecule has 0 aromatic carbocycles. The van der Waals surface area contributed by atoms with Crippen LogP contribution in [0.2, 0.25) is 0 Å². The van der Waals surface area contributed by atoms with Gasteiger partial charge in [0.15, 0.2) is 11.6 Å². The summed E-state index contributed by atoms with van der Waals surface area (Å²) in [6.45, 7) is 7.00. The van der Waals surface area contributed by atoms with Crippen LogP contribution in [0, 0.1) is 0 Å². The summed E-state index contributed by atoms with van der Waals surface area (Å²) in [5.74, 6) is 1.36. The minimum absolute atomic E-state index is 0.562. The Morgan fingerprint density at radius 3 is 2.56 bits per heavy atom. The van der Waals surface area contributed by atoms with Crippen molar-refractivity contribution in [2.24, 2.45) is 0 Å². The Kier molecular flexibility index (Phi) is 6.41. The van der Waals surface area contributed by atoms with Gasteiger partial charge in [0.2, 0.25) is 0 Å². The first-order valence-corrected chi connectivity index (χ1v) is 8.67. The number of ether oxygens (including phenoxy) is 1. The molecular weight excluding hydrogens is 320 g/mol. The number of rotatable bonds is 9. The average Bonchev–Trinajstić information content (AvgIpc) is 3.16. The summed E-state index contributed by atoms with van der Waals surface area (Å²) >= 11 is 0. The maximum atomic E-state index is 6.18. The van der Waals surface area contributed by atoms with E-state index in [0.29, 0.717) is 17.3 Å². The van der Waals surface area contributed by atoms with Crippen LogP contribution in [-0.4, -0.2) is 70.4 Å². The van der Waals surface area contributed by atoms with Crippen LogP contribution in [0.5, 0.6) is 0 Å². The van der Waals surface area contributed by atoms with Gasteiger partial charge in [-0.25, -0.2) is 15.0 Å². The Balaban J connectivity index is 1.42. The van der Waals surface area contributed by atoms with Gasteiger partial charge in [0, 0.05) is 51.7 Å². The molecule has 1 fully saturated rings. The van der Waals surface area contributed by atoms with Crippen molar-refractivity contribution in [2.75, 3.05) is 62.3 Å². The number of nitrogens with zero attached hydrogens (tertiary/aromatic N) is 5. The smallest absolute Gasteiger partial charge is 0.154 e. The van der Waals surface area contributed by atoms with E-state index in [-0.39, 0.29) is 0 Å². The predicted octanol–water partition coefficient (Wildman–Crippen LogP) is 0.502. The highest BCUT2D eigenvalue weighted by Crippen LogP contribution is 2.22. The monoisotopic (exact) mass is 346 g/mol. The molecule has 0 radical (unpaired) electrons. The Morgan fingerprint density at radius 1 is 1.08 bits per heavy atom. The van der Waals surface area contributed by atoms with Crippen molar-refractivity contribution in [2.45, 2.75) is 13.0 Å². The molecule has 3 heterocycles. The van der Waals surface area contributed by atoms with E-state index in [1.165, 1.54) is 6.33 Å². The number of morpholine rings is 1. The van der Waals surface area contributed by atoms with Gasteiger partial charge < -0.3 is 25.7 Å². The molecule has 0 saturated carbocycles. The molecule has 136 valence electrons. The third-order valence-electron chi connectivity index (χ3n) is 4.15. The van der Waals surface area contributed by atoms with Crippen LogP contribution in [0.15, 0.2) is 25.0 Å². The van der Waals surface area contributed by atoms with Crippen molar-refractivity contribution < 1.29 is 4.74 Å². The number of imidazole rings is 1. The van der Waals surface area contributed by atoms with E-state index in [0.717, 1.165) is 58.9 Å². The normalized spacial score (nSPS) is 15.2. The number of hydrogen-bond donors (Lipinski definition) is 3. The third-order valence-corrected chi connectivity index (χ3v) is 4.15. The first kappa shape index (κ1) is 17.4. The molecule has 0 aliphatic carbocycles. The Labute approximate surface area is 147 Å². The maximum Gasteiger partial charge on any atom is 0.154 e. The molecule has 0 unspecified atom stereocenters. The number of nitrogens with two attached hydrogens (primary N) is 1. The van der Waals surface area contributed by atoms with Crippen molar-refractivity contribution >= 4 is 17.3 Å². The molecule has 9 nitrogen and oxygen atoms in total. The van der Waals surface area contributed by atoms with Crippen molar-refractivity contribution in [3.8, 4) is 0 Å². The summed E-state index contributed by atoms with van der Waals surface area (Å²) < 4.78 is 7.40. The number of anilines is 3. The largest absolute Gasteiger partial charge is 0.393 e. The van der Waals surface area contributed by atoms with E-state index in [4.69, 9.17) is 10.5 Å². The van der Waals surface area contributed by atoms with Crippen molar-refractivity contribution in [1.29, 1.82) is 0 Å². The fourth-order valence-corrected chi connectivity index (χ4v) is 2.72. The van der Waals surface area contributed by atoms with Gasteiger partial charge in [-0.15, -0.1) is 0 Å². The standard InChI is InChI=1S/C16H26N8O/c17-14-15(19-2-1-5-24-6-3-18-13-24)21-12-22-16(14)20-4-7-23-8-10-25-11-9-23/h3,6,12-13H,1-2,4-5,7-11,17H2,(H2,19,20,21,22). The molecule has 1 saturated heterocycles. The van der Waals surface area contributed by atoms with Crippen LogP contribution in [0.1, 0.15) is 6.42 Å². The molecule has 9 heteroatoms. The number of nitrogens with one attached hydrogen (secondary N) is 2. The van der Waals surface area contributed by atoms with Gasteiger partial charge in [0.1, 0.15) is 12.0 Å². The number of aromatic nitrogens is 4. The molecule has 1 aliphatic rings. The van der Waals surface area contributed by atoms with Crippen LogP contribution in [0.3, 0.4) is 0 Å². The number of hydrogen-bond acceptors (Lipinski definition) is 8. The van der Waals surface area contributed by atoms with Gasteiger partial charge in [-0.3, -0.25) is 4.90 Å². The fraction of sp³-hybridized carbons (Fsp3) is 0.562. The van der Waals surface area contributed by atoms with Crippen LogP contribution in [0.4, 0.5) is 17.3 Å². The van der Waals surface area contributed by atoms with Crippen molar-refractivity contribution in [3.63, 3.8) is 0 Å². The lowest BCUT2D eigenvalue weighted by molar-refractivity contribution is 0.0398. The first-order valence-electron chi connectivity index (χ1n) is 8.67. The zero-order valence-electron chi connectivity index (χ0n) is 14.4. The Hall–Kier alpha value is -2.39. The summed E-state index contributed by atoms with van der Waals surface area (Å²) in [6, 6.07) is 0. The quantitative estimate of drug-likeness (QED) is 0.564.